The van der Waals surface area contributed by atoms with Gasteiger partial charge >= 0.3 is 5.97 Å². The Morgan fingerprint density at radius 2 is 2.14 bits per heavy atom. The van der Waals surface area contributed by atoms with Crippen LogP contribution in [0, 0.1) is 0 Å². The van der Waals surface area contributed by atoms with Gasteiger partial charge in [-0.3, -0.25) is 4.90 Å². The molecule has 2 aromatic heterocycles. The smallest absolute Gasteiger partial charge is 0.339 e. The minimum absolute atomic E-state index is 0.333. The number of imidazole rings is 1. The number of hydrogen-bond acceptors (Lipinski definition) is 5. The van der Waals surface area contributed by atoms with Crippen LogP contribution in [0.5, 0.6) is 0 Å². The molecule has 0 amide bonds. The molecule has 1 aliphatic heterocycles. The Labute approximate surface area is 123 Å². The highest BCUT2D eigenvalue weighted by Gasteiger charge is 2.12. The van der Waals surface area contributed by atoms with E-state index in [1.807, 2.05) is 16.7 Å². The molecule has 0 radical (unpaired) electrons. The number of carbonyl (C=O) groups excluding carboxylic acids is 1. The van der Waals surface area contributed by atoms with Crippen molar-refractivity contribution in [2.45, 2.75) is 6.42 Å². The Balaban J connectivity index is 1.70. The monoisotopic (exact) mass is 289 g/mol. The van der Waals surface area contributed by atoms with Gasteiger partial charge in [0.15, 0.2) is 0 Å². The molecule has 0 spiro atoms. The molecule has 0 bridgehead atoms. The number of morpholine rings is 1. The molecule has 0 saturated carbocycles. The van der Waals surface area contributed by atoms with E-state index in [2.05, 4.69) is 9.88 Å². The van der Waals surface area contributed by atoms with E-state index in [1.165, 1.54) is 7.11 Å². The maximum absolute atomic E-state index is 11.5. The molecule has 2 aromatic rings. The summed E-state index contributed by atoms with van der Waals surface area (Å²) in [5, 5.41) is 0. The normalized spacial score (nSPS) is 16.2. The Bertz CT molecular complexity index is 632. The summed E-state index contributed by atoms with van der Waals surface area (Å²) in [4.78, 5) is 18.5. The highest BCUT2D eigenvalue weighted by Crippen LogP contribution is 2.10. The summed E-state index contributed by atoms with van der Waals surface area (Å²) < 4.78 is 11.9. The molecule has 0 aromatic carbocycles. The lowest BCUT2D eigenvalue weighted by atomic mass is 10.3. The van der Waals surface area contributed by atoms with E-state index in [0.717, 1.165) is 50.6 Å². The van der Waals surface area contributed by atoms with Crippen LogP contribution in [-0.2, 0) is 15.9 Å². The van der Waals surface area contributed by atoms with Gasteiger partial charge in [-0.15, -0.1) is 0 Å². The van der Waals surface area contributed by atoms with Gasteiger partial charge in [0.05, 0.1) is 31.6 Å². The summed E-state index contributed by atoms with van der Waals surface area (Å²) in [6.45, 7) is 4.58. The van der Waals surface area contributed by atoms with E-state index in [0.29, 0.717) is 5.56 Å². The zero-order valence-electron chi connectivity index (χ0n) is 12.1. The van der Waals surface area contributed by atoms with Gasteiger partial charge in [0.25, 0.3) is 0 Å². The fourth-order valence-corrected chi connectivity index (χ4v) is 2.50. The SMILES string of the molecule is COC(=O)c1ccc2nc(CCN3CCOCC3)cn2c1. The topological polar surface area (TPSA) is 56.1 Å². The van der Waals surface area contributed by atoms with Gasteiger partial charge < -0.3 is 13.9 Å². The van der Waals surface area contributed by atoms with Crippen molar-refractivity contribution in [1.82, 2.24) is 14.3 Å². The van der Waals surface area contributed by atoms with E-state index >= 15 is 0 Å². The maximum atomic E-state index is 11.5. The first kappa shape index (κ1) is 14.0. The quantitative estimate of drug-likeness (QED) is 0.786. The fourth-order valence-electron chi connectivity index (χ4n) is 2.50. The van der Waals surface area contributed by atoms with Crippen molar-refractivity contribution in [2.75, 3.05) is 40.0 Å². The predicted molar refractivity (Wildman–Crippen MR) is 77.5 cm³/mol. The molecule has 1 aliphatic rings. The van der Waals surface area contributed by atoms with Gasteiger partial charge in [-0.2, -0.15) is 0 Å². The van der Waals surface area contributed by atoms with E-state index in [-0.39, 0.29) is 5.97 Å². The van der Waals surface area contributed by atoms with Gasteiger partial charge in [-0.05, 0) is 12.1 Å². The van der Waals surface area contributed by atoms with Gasteiger partial charge in [0, 0.05) is 38.4 Å². The standard InChI is InChI=1S/C15H19N3O3/c1-20-15(19)12-2-3-14-16-13(11-18(14)10-12)4-5-17-6-8-21-9-7-17/h2-3,10-11H,4-9H2,1H3. The summed E-state index contributed by atoms with van der Waals surface area (Å²) in [5.74, 6) is -0.333. The van der Waals surface area contributed by atoms with E-state index in [9.17, 15) is 4.79 Å². The summed E-state index contributed by atoms with van der Waals surface area (Å²) in [6, 6.07) is 3.57. The molecule has 1 fully saturated rings. The zero-order chi connectivity index (χ0) is 14.7. The van der Waals surface area contributed by atoms with E-state index < -0.39 is 0 Å². The summed E-state index contributed by atoms with van der Waals surface area (Å²) in [5.41, 5.74) is 2.41. The second-order valence-corrected chi connectivity index (χ2v) is 5.11. The van der Waals surface area contributed by atoms with E-state index in [4.69, 9.17) is 9.47 Å². The van der Waals surface area contributed by atoms with Crippen LogP contribution in [0.4, 0.5) is 0 Å². The molecule has 6 heteroatoms. The van der Waals surface area contributed by atoms with Crippen molar-refractivity contribution >= 4 is 11.6 Å². The summed E-state index contributed by atoms with van der Waals surface area (Å²) >= 11 is 0. The van der Waals surface area contributed by atoms with Crippen LogP contribution < -0.4 is 0 Å². The number of nitrogens with zero attached hydrogens (tertiary/aromatic N) is 3. The highest BCUT2D eigenvalue weighted by molar-refractivity contribution is 5.89. The average Bonchev–Trinajstić information content (AvgIpc) is 2.95. The number of rotatable bonds is 4. The Morgan fingerprint density at radius 1 is 1.33 bits per heavy atom. The van der Waals surface area contributed by atoms with Gasteiger partial charge in [-0.25, -0.2) is 9.78 Å². The molecule has 0 unspecified atom stereocenters. The Morgan fingerprint density at radius 3 is 2.90 bits per heavy atom. The number of fused-ring (bicyclic) bond motifs is 1. The molecule has 6 nitrogen and oxygen atoms in total. The minimum Gasteiger partial charge on any atom is -0.465 e. The Hall–Kier alpha value is -1.92. The minimum atomic E-state index is -0.333. The maximum Gasteiger partial charge on any atom is 0.339 e. The fraction of sp³-hybridized carbons (Fsp3) is 0.467. The third-order valence-corrected chi connectivity index (χ3v) is 3.71. The number of carbonyl (C=O) groups is 1. The number of esters is 1. The average molecular weight is 289 g/mol. The lowest BCUT2D eigenvalue weighted by molar-refractivity contribution is 0.0383. The molecule has 112 valence electrons. The van der Waals surface area contributed by atoms with E-state index in [1.54, 1.807) is 12.3 Å². The number of methoxy groups -OCH3 is 1. The lowest BCUT2D eigenvalue weighted by Crippen LogP contribution is -2.37. The van der Waals surface area contributed by atoms with Crippen LogP contribution in [0.15, 0.2) is 24.5 Å². The second-order valence-electron chi connectivity index (χ2n) is 5.11. The van der Waals surface area contributed by atoms with Crippen molar-refractivity contribution in [2.24, 2.45) is 0 Å². The van der Waals surface area contributed by atoms with Crippen LogP contribution >= 0.6 is 0 Å². The molecule has 3 heterocycles. The molecular weight excluding hydrogens is 270 g/mol. The summed E-state index contributed by atoms with van der Waals surface area (Å²) in [6.07, 6.45) is 4.63. The number of hydrogen-bond donors (Lipinski definition) is 0. The molecule has 1 saturated heterocycles. The molecule has 21 heavy (non-hydrogen) atoms. The van der Waals surface area contributed by atoms with Crippen LogP contribution in [0.2, 0.25) is 0 Å². The number of pyridine rings is 1. The molecular formula is C15H19N3O3. The lowest BCUT2D eigenvalue weighted by Gasteiger charge is -2.26. The number of ether oxygens (including phenoxy) is 2. The molecule has 0 N–H and O–H groups in total. The van der Waals surface area contributed by atoms with Crippen molar-refractivity contribution in [3.05, 3.63) is 35.8 Å². The van der Waals surface area contributed by atoms with Crippen LogP contribution in [-0.4, -0.2) is 60.2 Å². The second kappa shape index (κ2) is 6.24. The van der Waals surface area contributed by atoms with Gasteiger partial charge in [-0.1, -0.05) is 0 Å². The van der Waals surface area contributed by atoms with Gasteiger partial charge in [0.1, 0.15) is 5.65 Å². The van der Waals surface area contributed by atoms with Crippen molar-refractivity contribution in [1.29, 1.82) is 0 Å². The predicted octanol–water partition coefficient (Wildman–Crippen LogP) is 0.996. The van der Waals surface area contributed by atoms with Gasteiger partial charge in [0.2, 0.25) is 0 Å². The number of aromatic nitrogens is 2. The zero-order valence-corrected chi connectivity index (χ0v) is 12.1. The van der Waals surface area contributed by atoms with Crippen LogP contribution in [0.1, 0.15) is 16.1 Å². The highest BCUT2D eigenvalue weighted by atomic mass is 16.5. The third kappa shape index (κ3) is 3.22. The van der Waals surface area contributed by atoms with Crippen molar-refractivity contribution < 1.29 is 14.3 Å². The molecule has 0 atom stereocenters. The first-order valence-electron chi connectivity index (χ1n) is 7.12. The Kier molecular flexibility index (Phi) is 4.17. The van der Waals surface area contributed by atoms with Crippen molar-refractivity contribution in [3.63, 3.8) is 0 Å². The first-order chi connectivity index (χ1) is 10.3. The molecule has 0 aliphatic carbocycles. The first-order valence-corrected chi connectivity index (χ1v) is 7.12. The van der Waals surface area contributed by atoms with Crippen LogP contribution in [0.25, 0.3) is 5.65 Å². The van der Waals surface area contributed by atoms with Crippen LogP contribution in [0.3, 0.4) is 0 Å². The van der Waals surface area contributed by atoms with Crippen molar-refractivity contribution in [3.8, 4) is 0 Å². The largest absolute Gasteiger partial charge is 0.465 e. The molecule has 3 rings (SSSR count). The summed E-state index contributed by atoms with van der Waals surface area (Å²) in [7, 11) is 1.38. The third-order valence-electron chi connectivity index (χ3n) is 3.71.